The second-order valence-corrected chi connectivity index (χ2v) is 5.83. The molecule has 3 rings (SSSR count). The van der Waals surface area contributed by atoms with Gasteiger partial charge in [0.05, 0.1) is 27.0 Å². The first-order valence-electron chi connectivity index (χ1n) is 8.48. The van der Waals surface area contributed by atoms with Crippen LogP contribution in [0.3, 0.4) is 0 Å². The molecule has 0 radical (unpaired) electrons. The average Bonchev–Trinajstić information content (AvgIpc) is 2.71. The minimum Gasteiger partial charge on any atom is -0.493 e. The molecule has 0 unspecified atom stereocenters. The maximum Gasteiger partial charge on any atom is 0.319 e. The zero-order chi connectivity index (χ0) is 19.2. The van der Waals surface area contributed by atoms with Crippen LogP contribution in [0.15, 0.2) is 54.6 Å². The summed E-state index contributed by atoms with van der Waals surface area (Å²) in [6.07, 6.45) is 0. The van der Waals surface area contributed by atoms with Crippen LogP contribution in [0.2, 0.25) is 0 Å². The number of fused-ring (bicyclic) bond motifs is 1. The first kappa shape index (κ1) is 18.4. The van der Waals surface area contributed by atoms with Gasteiger partial charge in [-0.15, -0.1) is 0 Å². The molecule has 140 valence electrons. The molecule has 0 atom stereocenters. The Kier molecular flexibility index (Phi) is 5.66. The van der Waals surface area contributed by atoms with Crippen LogP contribution in [0.1, 0.15) is 5.56 Å². The van der Waals surface area contributed by atoms with E-state index in [9.17, 15) is 4.79 Å². The molecule has 0 aromatic heterocycles. The molecule has 0 saturated heterocycles. The summed E-state index contributed by atoms with van der Waals surface area (Å²) < 4.78 is 16.1. The average molecular weight is 366 g/mol. The Morgan fingerprint density at radius 1 is 0.852 bits per heavy atom. The predicted molar refractivity (Wildman–Crippen MR) is 106 cm³/mol. The molecule has 27 heavy (non-hydrogen) atoms. The normalized spacial score (nSPS) is 10.3. The number of anilines is 1. The molecule has 0 aliphatic heterocycles. The predicted octanol–water partition coefficient (Wildman–Crippen LogP) is 4.19. The number of ether oxygens (including phenoxy) is 3. The number of benzene rings is 3. The number of methoxy groups -OCH3 is 3. The first-order chi connectivity index (χ1) is 13.2. The summed E-state index contributed by atoms with van der Waals surface area (Å²) in [5, 5.41) is 7.80. The molecule has 0 spiro atoms. The van der Waals surface area contributed by atoms with Crippen molar-refractivity contribution < 1.29 is 19.0 Å². The third kappa shape index (κ3) is 3.89. The van der Waals surface area contributed by atoms with Gasteiger partial charge in [0.15, 0.2) is 11.5 Å². The van der Waals surface area contributed by atoms with Crippen molar-refractivity contribution in [3.8, 4) is 17.2 Å². The van der Waals surface area contributed by atoms with Crippen LogP contribution in [0, 0.1) is 0 Å². The van der Waals surface area contributed by atoms with E-state index in [-0.39, 0.29) is 12.6 Å². The van der Waals surface area contributed by atoms with Crippen molar-refractivity contribution in [1.82, 2.24) is 5.32 Å². The molecule has 0 fully saturated rings. The van der Waals surface area contributed by atoms with Crippen molar-refractivity contribution in [3.05, 3.63) is 60.2 Å². The molecule has 2 amide bonds. The zero-order valence-electron chi connectivity index (χ0n) is 15.5. The van der Waals surface area contributed by atoms with Crippen molar-refractivity contribution in [2.24, 2.45) is 0 Å². The molecule has 6 nitrogen and oxygen atoms in total. The Labute approximate surface area is 158 Å². The number of hydrogen-bond acceptors (Lipinski definition) is 4. The molecule has 3 aromatic carbocycles. The summed E-state index contributed by atoms with van der Waals surface area (Å²) in [7, 11) is 4.66. The summed E-state index contributed by atoms with van der Waals surface area (Å²) >= 11 is 0. The molecule has 2 N–H and O–H groups in total. The van der Waals surface area contributed by atoms with Gasteiger partial charge in [-0.2, -0.15) is 0 Å². The van der Waals surface area contributed by atoms with Crippen molar-refractivity contribution in [3.63, 3.8) is 0 Å². The molecular weight excluding hydrogens is 344 g/mol. The van der Waals surface area contributed by atoms with E-state index in [1.165, 1.54) is 0 Å². The van der Waals surface area contributed by atoms with E-state index in [1.807, 2.05) is 48.5 Å². The monoisotopic (exact) mass is 366 g/mol. The number of carbonyl (C=O) groups is 1. The number of hydrogen-bond donors (Lipinski definition) is 2. The molecule has 6 heteroatoms. The standard InChI is InChI=1S/C21H22N2O4/c1-25-18-12-11-15(19(26-2)20(18)27-3)13-22-21(24)23-17-10-6-8-14-7-4-5-9-16(14)17/h4-12H,13H2,1-3H3,(H2,22,23,24). The summed E-state index contributed by atoms with van der Waals surface area (Å²) in [6.45, 7) is 0.278. The molecule has 0 saturated carbocycles. The molecule has 3 aromatic rings. The lowest BCUT2D eigenvalue weighted by molar-refractivity contribution is 0.251. The van der Waals surface area contributed by atoms with Gasteiger partial charge in [0, 0.05) is 17.5 Å². The fraction of sp³-hybridized carbons (Fsp3) is 0.190. The minimum absolute atomic E-state index is 0.278. The van der Waals surface area contributed by atoms with Gasteiger partial charge in [-0.25, -0.2) is 4.79 Å². The topological polar surface area (TPSA) is 68.8 Å². The van der Waals surface area contributed by atoms with Crippen molar-refractivity contribution in [2.75, 3.05) is 26.6 Å². The van der Waals surface area contributed by atoms with Crippen LogP contribution in [0.25, 0.3) is 10.8 Å². The van der Waals surface area contributed by atoms with Gasteiger partial charge in [0.2, 0.25) is 5.75 Å². The quantitative estimate of drug-likeness (QED) is 0.686. The van der Waals surface area contributed by atoms with Crippen LogP contribution in [-0.4, -0.2) is 27.4 Å². The third-order valence-electron chi connectivity index (χ3n) is 4.26. The highest BCUT2D eigenvalue weighted by atomic mass is 16.5. The highest BCUT2D eigenvalue weighted by molar-refractivity contribution is 6.01. The fourth-order valence-electron chi connectivity index (χ4n) is 2.98. The number of carbonyl (C=O) groups excluding carboxylic acids is 1. The van der Waals surface area contributed by atoms with E-state index in [4.69, 9.17) is 14.2 Å². The number of nitrogens with one attached hydrogen (secondary N) is 2. The summed E-state index contributed by atoms with van der Waals surface area (Å²) in [5.41, 5.74) is 1.54. The maximum atomic E-state index is 12.4. The van der Waals surface area contributed by atoms with Crippen LogP contribution in [0.4, 0.5) is 10.5 Å². The molecule has 0 bridgehead atoms. The third-order valence-corrected chi connectivity index (χ3v) is 4.26. The van der Waals surface area contributed by atoms with Gasteiger partial charge in [0.1, 0.15) is 0 Å². The van der Waals surface area contributed by atoms with Gasteiger partial charge in [-0.05, 0) is 23.6 Å². The Morgan fingerprint density at radius 3 is 2.33 bits per heavy atom. The maximum absolute atomic E-state index is 12.4. The number of rotatable bonds is 6. The van der Waals surface area contributed by atoms with Crippen molar-refractivity contribution >= 4 is 22.5 Å². The van der Waals surface area contributed by atoms with Crippen molar-refractivity contribution in [2.45, 2.75) is 6.54 Å². The van der Waals surface area contributed by atoms with E-state index >= 15 is 0 Å². The van der Waals surface area contributed by atoms with Gasteiger partial charge < -0.3 is 24.8 Å². The summed E-state index contributed by atoms with van der Waals surface area (Å²) in [5.74, 6) is 1.59. The molecule has 0 aliphatic carbocycles. The Morgan fingerprint density at radius 2 is 1.59 bits per heavy atom. The molecule has 0 heterocycles. The zero-order valence-corrected chi connectivity index (χ0v) is 15.5. The van der Waals surface area contributed by atoms with E-state index in [2.05, 4.69) is 10.6 Å². The highest BCUT2D eigenvalue weighted by Crippen LogP contribution is 2.39. The van der Waals surface area contributed by atoms with E-state index < -0.39 is 0 Å². The lowest BCUT2D eigenvalue weighted by atomic mass is 10.1. The molecule has 0 aliphatic rings. The van der Waals surface area contributed by atoms with Crippen molar-refractivity contribution in [1.29, 1.82) is 0 Å². The van der Waals surface area contributed by atoms with Crippen LogP contribution in [-0.2, 0) is 6.54 Å². The minimum atomic E-state index is -0.303. The summed E-state index contributed by atoms with van der Waals surface area (Å²) in [4.78, 5) is 12.4. The van der Waals surface area contributed by atoms with E-state index in [0.717, 1.165) is 22.0 Å². The Hall–Kier alpha value is -3.41. The summed E-state index contributed by atoms with van der Waals surface area (Å²) in [6, 6.07) is 17.0. The molecular formula is C21H22N2O4. The smallest absolute Gasteiger partial charge is 0.319 e. The first-order valence-corrected chi connectivity index (χ1v) is 8.48. The van der Waals surface area contributed by atoms with Crippen LogP contribution < -0.4 is 24.8 Å². The Bertz CT molecular complexity index is 951. The van der Waals surface area contributed by atoms with Crippen LogP contribution >= 0.6 is 0 Å². The van der Waals surface area contributed by atoms with Gasteiger partial charge in [-0.1, -0.05) is 36.4 Å². The lowest BCUT2D eigenvalue weighted by Crippen LogP contribution is -2.28. The second kappa shape index (κ2) is 8.31. The number of urea groups is 1. The Balaban J connectivity index is 1.74. The van der Waals surface area contributed by atoms with Crippen LogP contribution in [0.5, 0.6) is 17.2 Å². The largest absolute Gasteiger partial charge is 0.493 e. The van der Waals surface area contributed by atoms with Gasteiger partial charge in [0.25, 0.3) is 0 Å². The number of amides is 2. The van der Waals surface area contributed by atoms with E-state index in [0.29, 0.717) is 17.2 Å². The second-order valence-electron chi connectivity index (χ2n) is 5.83. The fourth-order valence-corrected chi connectivity index (χ4v) is 2.98. The SMILES string of the molecule is COc1ccc(CNC(=O)Nc2cccc3ccccc23)c(OC)c1OC. The highest BCUT2D eigenvalue weighted by Gasteiger charge is 2.16. The lowest BCUT2D eigenvalue weighted by Gasteiger charge is -2.16. The van der Waals surface area contributed by atoms with Gasteiger partial charge >= 0.3 is 6.03 Å². The van der Waals surface area contributed by atoms with E-state index in [1.54, 1.807) is 27.4 Å². The van der Waals surface area contributed by atoms with Gasteiger partial charge in [-0.3, -0.25) is 0 Å².